The topological polar surface area (TPSA) is 44.0 Å². The fourth-order valence-corrected chi connectivity index (χ4v) is 1.99. The highest BCUT2D eigenvalue weighted by Gasteiger charge is 2.08. The van der Waals surface area contributed by atoms with E-state index in [9.17, 15) is 9.59 Å². The Hall–Kier alpha value is -2.07. The van der Waals surface area contributed by atoms with Gasteiger partial charge in [0.1, 0.15) is 0 Å². The zero-order valence-electron chi connectivity index (χ0n) is 10.5. The van der Waals surface area contributed by atoms with Crippen molar-refractivity contribution in [3.8, 4) is 5.69 Å². The summed E-state index contributed by atoms with van der Waals surface area (Å²) in [5, 5.41) is 0.516. The Morgan fingerprint density at radius 1 is 1.26 bits per heavy atom. The molecule has 0 fully saturated rings. The van der Waals surface area contributed by atoms with E-state index in [-0.39, 0.29) is 0 Å². The fraction of sp³-hybridized carbons (Fsp3) is 0.143. The van der Waals surface area contributed by atoms with Crippen molar-refractivity contribution in [3.05, 3.63) is 74.5 Å². The minimum absolute atomic E-state index is 0.309. The Bertz CT molecular complexity index is 744. The molecule has 5 heteroatoms. The second-order valence-electron chi connectivity index (χ2n) is 4.15. The molecule has 1 aromatic carbocycles. The molecule has 0 atom stereocenters. The monoisotopic (exact) mass is 276 g/mol. The van der Waals surface area contributed by atoms with E-state index < -0.39 is 11.1 Å². The van der Waals surface area contributed by atoms with Gasteiger partial charge in [-0.25, -0.2) is 0 Å². The highest BCUT2D eigenvalue weighted by molar-refractivity contribution is 6.30. The number of aryl methyl sites for hydroxylation is 1. The third-order valence-corrected chi connectivity index (χ3v) is 3.05. The third-order valence-electron chi connectivity index (χ3n) is 2.81. The van der Waals surface area contributed by atoms with Crippen molar-refractivity contribution in [3.63, 3.8) is 0 Å². The largest absolute Gasteiger partial charge is 0.320 e. The van der Waals surface area contributed by atoms with Crippen LogP contribution in [0.25, 0.3) is 5.69 Å². The first-order valence-electron chi connectivity index (χ1n) is 5.74. The highest BCUT2D eigenvalue weighted by atomic mass is 35.5. The number of benzene rings is 1. The summed E-state index contributed by atoms with van der Waals surface area (Å²) in [5.74, 6) is 0. The van der Waals surface area contributed by atoms with Crippen molar-refractivity contribution in [1.29, 1.82) is 0 Å². The Morgan fingerprint density at radius 2 is 2.00 bits per heavy atom. The average molecular weight is 277 g/mol. The van der Waals surface area contributed by atoms with Gasteiger partial charge in [-0.15, -0.1) is 6.58 Å². The molecule has 0 unspecified atom stereocenters. The molecule has 1 aromatic heterocycles. The van der Waals surface area contributed by atoms with Gasteiger partial charge in [-0.3, -0.25) is 14.2 Å². The van der Waals surface area contributed by atoms with Crippen LogP contribution >= 0.6 is 11.6 Å². The van der Waals surface area contributed by atoms with Crippen LogP contribution in [0, 0.1) is 6.92 Å². The maximum atomic E-state index is 12.1. The molecule has 0 saturated heterocycles. The zero-order valence-corrected chi connectivity index (χ0v) is 11.2. The first kappa shape index (κ1) is 13.4. The lowest BCUT2D eigenvalue weighted by Gasteiger charge is -2.10. The number of hydrogen-bond acceptors (Lipinski definition) is 2. The molecule has 1 heterocycles. The summed E-state index contributed by atoms with van der Waals surface area (Å²) in [6.45, 7) is 5.71. The van der Waals surface area contributed by atoms with Gasteiger partial charge in [0.05, 0.1) is 5.69 Å². The van der Waals surface area contributed by atoms with Crippen LogP contribution in [-0.4, -0.2) is 9.13 Å². The third kappa shape index (κ3) is 2.53. The number of aromatic nitrogens is 2. The first-order chi connectivity index (χ1) is 9.04. The second-order valence-corrected chi connectivity index (χ2v) is 4.59. The van der Waals surface area contributed by atoms with Gasteiger partial charge in [-0.05, 0) is 24.6 Å². The molecular formula is C14H13ClN2O2. The van der Waals surface area contributed by atoms with Gasteiger partial charge in [-0.2, -0.15) is 0 Å². The van der Waals surface area contributed by atoms with Gasteiger partial charge in [0.15, 0.2) is 0 Å². The summed E-state index contributed by atoms with van der Waals surface area (Å²) in [6, 6.07) is 5.21. The Labute approximate surface area is 115 Å². The minimum atomic E-state index is -0.602. The Kier molecular flexibility index (Phi) is 3.71. The quantitative estimate of drug-likeness (QED) is 0.637. The van der Waals surface area contributed by atoms with Crippen LogP contribution < -0.4 is 11.1 Å². The highest BCUT2D eigenvalue weighted by Crippen LogP contribution is 2.17. The van der Waals surface area contributed by atoms with E-state index in [2.05, 4.69) is 6.58 Å². The van der Waals surface area contributed by atoms with Crippen LogP contribution in [0.3, 0.4) is 0 Å². The van der Waals surface area contributed by atoms with Crippen molar-refractivity contribution >= 4 is 11.6 Å². The lowest BCUT2D eigenvalue weighted by atomic mass is 10.2. The maximum Gasteiger partial charge on any atom is 0.320 e. The van der Waals surface area contributed by atoms with Crippen molar-refractivity contribution in [2.75, 3.05) is 0 Å². The van der Waals surface area contributed by atoms with Crippen LogP contribution in [0.2, 0.25) is 5.02 Å². The van der Waals surface area contributed by atoms with Crippen LogP contribution in [0.5, 0.6) is 0 Å². The van der Waals surface area contributed by atoms with E-state index in [1.54, 1.807) is 36.7 Å². The van der Waals surface area contributed by atoms with E-state index in [0.29, 0.717) is 17.3 Å². The summed E-state index contributed by atoms with van der Waals surface area (Å²) >= 11 is 5.93. The van der Waals surface area contributed by atoms with Crippen LogP contribution in [0.15, 0.2) is 52.8 Å². The van der Waals surface area contributed by atoms with Gasteiger partial charge < -0.3 is 4.57 Å². The van der Waals surface area contributed by atoms with E-state index in [1.165, 1.54) is 9.13 Å². The molecule has 2 aromatic rings. The summed E-state index contributed by atoms with van der Waals surface area (Å²) in [5.41, 5.74) is 0.296. The van der Waals surface area contributed by atoms with E-state index in [1.807, 2.05) is 6.92 Å². The molecule has 4 nitrogen and oxygen atoms in total. The zero-order chi connectivity index (χ0) is 14.0. The smallest absolute Gasteiger partial charge is 0.306 e. The second kappa shape index (κ2) is 5.28. The SMILES string of the molecule is C=CCn1ccn(-c2cc(Cl)ccc2C)c(=O)c1=O. The van der Waals surface area contributed by atoms with E-state index >= 15 is 0 Å². The lowest BCUT2D eigenvalue weighted by molar-refractivity contribution is 0.732. The van der Waals surface area contributed by atoms with Crippen molar-refractivity contribution < 1.29 is 0 Å². The number of allylic oxidation sites excluding steroid dienone is 1. The van der Waals surface area contributed by atoms with Crippen molar-refractivity contribution in [2.24, 2.45) is 0 Å². The molecule has 0 aliphatic carbocycles. The average Bonchev–Trinajstić information content (AvgIpc) is 2.39. The lowest BCUT2D eigenvalue weighted by Crippen LogP contribution is -2.39. The van der Waals surface area contributed by atoms with Gasteiger partial charge in [0, 0.05) is 24.0 Å². The molecule has 0 saturated carbocycles. The van der Waals surface area contributed by atoms with Crippen LogP contribution in [0.1, 0.15) is 5.56 Å². The molecular weight excluding hydrogens is 264 g/mol. The van der Waals surface area contributed by atoms with Crippen LogP contribution in [-0.2, 0) is 6.54 Å². The summed E-state index contributed by atoms with van der Waals surface area (Å²) in [7, 11) is 0. The van der Waals surface area contributed by atoms with E-state index in [0.717, 1.165) is 5.56 Å². The normalized spacial score (nSPS) is 10.4. The fourth-order valence-electron chi connectivity index (χ4n) is 1.82. The van der Waals surface area contributed by atoms with Gasteiger partial charge >= 0.3 is 11.1 Å². The molecule has 19 heavy (non-hydrogen) atoms. The molecule has 0 aliphatic heterocycles. The summed E-state index contributed by atoms with van der Waals surface area (Å²) in [6.07, 6.45) is 4.69. The molecule has 0 spiro atoms. The molecule has 0 aliphatic rings. The predicted octanol–water partition coefficient (Wildman–Crippen LogP) is 2.15. The van der Waals surface area contributed by atoms with Crippen molar-refractivity contribution in [1.82, 2.24) is 9.13 Å². The molecule has 0 N–H and O–H groups in total. The summed E-state index contributed by atoms with van der Waals surface area (Å²) < 4.78 is 2.62. The van der Waals surface area contributed by atoms with Gasteiger partial charge in [0.2, 0.25) is 0 Å². The molecule has 2 rings (SSSR count). The number of nitrogens with zero attached hydrogens (tertiary/aromatic N) is 2. The number of rotatable bonds is 3. The van der Waals surface area contributed by atoms with E-state index in [4.69, 9.17) is 11.6 Å². The molecule has 0 amide bonds. The Morgan fingerprint density at radius 3 is 2.68 bits per heavy atom. The number of hydrogen-bond donors (Lipinski definition) is 0. The standard InChI is InChI=1S/C14H13ClN2O2/c1-3-6-16-7-8-17(14(19)13(16)18)12-9-11(15)5-4-10(12)2/h3-5,7-9H,1,6H2,2H3. The van der Waals surface area contributed by atoms with Crippen LogP contribution in [0.4, 0.5) is 0 Å². The molecule has 98 valence electrons. The van der Waals surface area contributed by atoms with Crippen molar-refractivity contribution in [2.45, 2.75) is 13.5 Å². The van der Waals surface area contributed by atoms with Gasteiger partial charge in [0.25, 0.3) is 0 Å². The Balaban J connectivity index is 2.68. The minimum Gasteiger partial charge on any atom is -0.306 e. The number of halogens is 1. The summed E-state index contributed by atoms with van der Waals surface area (Å²) in [4.78, 5) is 24.0. The predicted molar refractivity (Wildman–Crippen MR) is 76.2 cm³/mol. The van der Waals surface area contributed by atoms with Gasteiger partial charge in [-0.1, -0.05) is 23.7 Å². The molecule has 0 radical (unpaired) electrons. The first-order valence-corrected chi connectivity index (χ1v) is 6.12. The molecule has 0 bridgehead atoms. The maximum absolute atomic E-state index is 12.1.